The molecule has 0 aliphatic rings. The van der Waals surface area contributed by atoms with E-state index in [-0.39, 0.29) is 5.88 Å². The summed E-state index contributed by atoms with van der Waals surface area (Å²) in [4.78, 5) is 0. The molecule has 2 rings (SSSR count). The summed E-state index contributed by atoms with van der Waals surface area (Å²) in [7, 11) is 0. The van der Waals surface area contributed by atoms with E-state index in [0.29, 0.717) is 10.9 Å². The van der Waals surface area contributed by atoms with Gasteiger partial charge in [0.05, 0.1) is 11.9 Å². The van der Waals surface area contributed by atoms with Crippen LogP contribution < -0.4 is 0 Å². The predicted octanol–water partition coefficient (Wildman–Crippen LogP) is 2.75. The van der Waals surface area contributed by atoms with Crippen molar-refractivity contribution < 1.29 is 5.11 Å². The molecular weight excluding hydrogens is 226 g/mol. The average molecular weight is 238 g/mol. The summed E-state index contributed by atoms with van der Waals surface area (Å²) in [5.74, 6) is 0.227. The van der Waals surface area contributed by atoms with E-state index >= 15 is 0 Å². The molecule has 0 aliphatic heterocycles. The molecule has 84 valence electrons. The maximum atomic E-state index is 9.18. The second-order valence-corrected chi connectivity index (χ2v) is 4.32. The predicted molar refractivity (Wildman–Crippen MR) is 62.1 cm³/mol. The van der Waals surface area contributed by atoms with Crippen LogP contribution in [0.3, 0.4) is 0 Å². The molecule has 1 aromatic heterocycles. The van der Waals surface area contributed by atoms with Gasteiger partial charge in [-0.3, -0.25) is 0 Å². The lowest BCUT2D eigenvalue weighted by atomic mass is 10.0. The molecule has 5 heteroatoms. The minimum atomic E-state index is -0.0929. The molecule has 0 amide bonds. The minimum Gasteiger partial charge on any atom is -0.491 e. The van der Waals surface area contributed by atoms with Crippen molar-refractivity contribution in [1.29, 1.82) is 0 Å². The highest BCUT2D eigenvalue weighted by atomic mass is 35.5. The number of benzene rings is 1. The monoisotopic (exact) mass is 237 g/mol. The zero-order chi connectivity index (χ0) is 11.7. The molecule has 0 unspecified atom stereocenters. The Balaban J connectivity index is 2.56. The third kappa shape index (κ3) is 2.02. The molecule has 16 heavy (non-hydrogen) atoms. The quantitative estimate of drug-likeness (QED) is 0.874. The Morgan fingerprint density at radius 2 is 2.12 bits per heavy atom. The summed E-state index contributed by atoms with van der Waals surface area (Å²) in [6.07, 6.45) is 1.47. The third-order valence-corrected chi connectivity index (χ3v) is 2.57. The van der Waals surface area contributed by atoms with Crippen molar-refractivity contribution in [3.05, 3.63) is 35.0 Å². The number of halogens is 1. The fourth-order valence-electron chi connectivity index (χ4n) is 1.57. The van der Waals surface area contributed by atoms with Crippen molar-refractivity contribution in [2.75, 3.05) is 0 Å². The Kier molecular flexibility index (Phi) is 2.83. The number of aromatic hydroxyl groups is 1. The molecule has 1 N–H and O–H groups in total. The van der Waals surface area contributed by atoms with Crippen LogP contribution in [-0.4, -0.2) is 20.1 Å². The maximum Gasteiger partial charge on any atom is 0.251 e. The molecule has 4 nitrogen and oxygen atoms in total. The van der Waals surface area contributed by atoms with Crippen molar-refractivity contribution in [2.24, 2.45) is 0 Å². The second kappa shape index (κ2) is 4.14. The second-order valence-electron chi connectivity index (χ2n) is 3.88. The molecule has 0 spiro atoms. The van der Waals surface area contributed by atoms with Gasteiger partial charge < -0.3 is 5.11 Å². The van der Waals surface area contributed by atoms with Crippen molar-refractivity contribution in [3.8, 4) is 11.6 Å². The molecule has 0 saturated heterocycles. The Morgan fingerprint density at radius 1 is 1.38 bits per heavy atom. The van der Waals surface area contributed by atoms with Gasteiger partial charge in [0, 0.05) is 5.02 Å². The molecule has 0 bridgehead atoms. The van der Waals surface area contributed by atoms with Crippen molar-refractivity contribution in [2.45, 2.75) is 19.8 Å². The normalized spacial score (nSPS) is 11.0. The Labute approximate surface area is 98.5 Å². The Morgan fingerprint density at radius 3 is 2.69 bits per heavy atom. The van der Waals surface area contributed by atoms with Gasteiger partial charge in [0.2, 0.25) is 0 Å². The van der Waals surface area contributed by atoms with Gasteiger partial charge in [-0.2, -0.15) is 0 Å². The first-order chi connectivity index (χ1) is 7.58. The van der Waals surface area contributed by atoms with Crippen molar-refractivity contribution in [1.82, 2.24) is 15.0 Å². The van der Waals surface area contributed by atoms with E-state index in [9.17, 15) is 5.11 Å². The SMILES string of the molecule is CC(C)c1cc(Cl)ccc1-n1cc(O)nn1. The van der Waals surface area contributed by atoms with Gasteiger partial charge in [0.1, 0.15) is 0 Å². The summed E-state index contributed by atoms with van der Waals surface area (Å²) in [5, 5.41) is 17.3. The van der Waals surface area contributed by atoms with Crippen LogP contribution in [0, 0.1) is 0 Å². The molecule has 0 atom stereocenters. The molecule has 0 aliphatic carbocycles. The van der Waals surface area contributed by atoms with Crippen LogP contribution >= 0.6 is 11.6 Å². The number of hydrogen-bond acceptors (Lipinski definition) is 3. The minimum absolute atomic E-state index is 0.0929. The van der Waals surface area contributed by atoms with Gasteiger partial charge in [-0.15, -0.1) is 0 Å². The van der Waals surface area contributed by atoms with Crippen LogP contribution in [0.2, 0.25) is 5.02 Å². The van der Waals surface area contributed by atoms with Gasteiger partial charge in [-0.25, -0.2) is 4.68 Å². The summed E-state index contributed by atoms with van der Waals surface area (Å²) in [5.41, 5.74) is 1.95. The highest BCUT2D eigenvalue weighted by Crippen LogP contribution is 2.26. The third-order valence-electron chi connectivity index (χ3n) is 2.34. The van der Waals surface area contributed by atoms with E-state index in [1.54, 1.807) is 10.7 Å². The summed E-state index contributed by atoms with van der Waals surface area (Å²) in [6, 6.07) is 5.56. The van der Waals surface area contributed by atoms with Crippen LogP contribution in [0.15, 0.2) is 24.4 Å². The van der Waals surface area contributed by atoms with Gasteiger partial charge >= 0.3 is 0 Å². The molecular formula is C11H12ClN3O. The van der Waals surface area contributed by atoms with Gasteiger partial charge in [-0.05, 0) is 29.7 Å². The largest absolute Gasteiger partial charge is 0.491 e. The lowest BCUT2D eigenvalue weighted by molar-refractivity contribution is 0.452. The van der Waals surface area contributed by atoms with Crippen LogP contribution in [0.5, 0.6) is 5.88 Å². The summed E-state index contributed by atoms with van der Waals surface area (Å²) < 4.78 is 1.54. The lowest BCUT2D eigenvalue weighted by Crippen LogP contribution is -2.02. The molecule has 0 fully saturated rings. The maximum absolute atomic E-state index is 9.18. The standard InChI is InChI=1S/C11H12ClN3O/c1-7(2)9-5-8(12)3-4-10(9)15-6-11(16)13-14-15/h3-7,16H,1-2H3. The summed E-state index contributed by atoms with van der Waals surface area (Å²) >= 11 is 5.96. The highest BCUT2D eigenvalue weighted by Gasteiger charge is 2.10. The lowest BCUT2D eigenvalue weighted by Gasteiger charge is -2.12. The van der Waals surface area contributed by atoms with E-state index < -0.39 is 0 Å². The van der Waals surface area contributed by atoms with Gasteiger partial charge in [0.15, 0.2) is 0 Å². The number of rotatable bonds is 2. The Hall–Kier alpha value is -1.55. The number of aromatic nitrogens is 3. The summed E-state index contributed by atoms with van der Waals surface area (Å²) in [6.45, 7) is 4.15. The Bertz CT molecular complexity index is 508. The van der Waals surface area contributed by atoms with E-state index in [1.165, 1.54) is 6.20 Å². The first-order valence-electron chi connectivity index (χ1n) is 4.99. The van der Waals surface area contributed by atoms with Crippen molar-refractivity contribution in [3.63, 3.8) is 0 Å². The average Bonchev–Trinajstić information content (AvgIpc) is 2.64. The van der Waals surface area contributed by atoms with E-state index in [1.807, 2.05) is 12.1 Å². The van der Waals surface area contributed by atoms with Crippen molar-refractivity contribution >= 4 is 11.6 Å². The number of nitrogens with zero attached hydrogens (tertiary/aromatic N) is 3. The molecule has 1 heterocycles. The van der Waals surface area contributed by atoms with Crippen LogP contribution in [0.4, 0.5) is 0 Å². The molecule has 0 saturated carbocycles. The number of hydrogen-bond donors (Lipinski definition) is 1. The first kappa shape index (κ1) is 11.0. The zero-order valence-electron chi connectivity index (χ0n) is 9.05. The zero-order valence-corrected chi connectivity index (χ0v) is 9.81. The fourth-order valence-corrected chi connectivity index (χ4v) is 1.75. The molecule has 1 aromatic carbocycles. The van der Waals surface area contributed by atoms with Crippen LogP contribution in [-0.2, 0) is 0 Å². The fraction of sp³-hybridized carbons (Fsp3) is 0.273. The van der Waals surface area contributed by atoms with Gasteiger partial charge in [0.25, 0.3) is 5.88 Å². The van der Waals surface area contributed by atoms with Crippen LogP contribution in [0.25, 0.3) is 5.69 Å². The van der Waals surface area contributed by atoms with E-state index in [4.69, 9.17) is 11.6 Å². The molecule has 0 radical (unpaired) electrons. The highest BCUT2D eigenvalue weighted by molar-refractivity contribution is 6.30. The topological polar surface area (TPSA) is 50.9 Å². The van der Waals surface area contributed by atoms with Crippen LogP contribution in [0.1, 0.15) is 25.3 Å². The van der Waals surface area contributed by atoms with E-state index in [2.05, 4.69) is 24.2 Å². The molecule has 2 aromatic rings. The van der Waals surface area contributed by atoms with Gasteiger partial charge in [-0.1, -0.05) is 35.8 Å². The van der Waals surface area contributed by atoms with E-state index in [0.717, 1.165) is 11.3 Å². The first-order valence-corrected chi connectivity index (χ1v) is 5.37. The smallest absolute Gasteiger partial charge is 0.251 e.